The Morgan fingerprint density at radius 3 is 2.50 bits per heavy atom. The van der Waals surface area contributed by atoms with E-state index in [0.717, 1.165) is 6.42 Å². The van der Waals surface area contributed by atoms with Crippen molar-refractivity contribution in [3.8, 4) is 0 Å². The molecule has 0 aromatic heterocycles. The predicted molar refractivity (Wildman–Crippen MR) is 39.3 cm³/mol. The number of hydrogen-bond acceptors (Lipinski definition) is 1. The van der Waals surface area contributed by atoms with Gasteiger partial charge in [-0.1, -0.05) is 19.8 Å². The molecule has 0 aliphatic rings. The summed E-state index contributed by atoms with van der Waals surface area (Å²) < 4.78 is 4.32. The minimum absolute atomic E-state index is 0. The molecule has 8 heavy (non-hydrogen) atoms. The molecule has 0 aliphatic heterocycles. The minimum atomic E-state index is 0. The van der Waals surface area contributed by atoms with E-state index in [2.05, 4.69) is 11.2 Å². The molecule has 0 aliphatic carbocycles. The molecule has 48 valence electrons. The molecule has 0 spiro atoms. The molecular formula is C5H13ClMgO. The fourth-order valence-corrected chi connectivity index (χ4v) is 0.516. The van der Waals surface area contributed by atoms with Crippen molar-refractivity contribution in [1.29, 1.82) is 0 Å². The molecule has 0 amide bonds. The van der Waals surface area contributed by atoms with Gasteiger partial charge in [0.2, 0.25) is 0 Å². The summed E-state index contributed by atoms with van der Waals surface area (Å²) in [6, 6.07) is 0. The molecule has 0 fully saturated rings. The van der Waals surface area contributed by atoms with Gasteiger partial charge in [-0.2, -0.15) is 0 Å². The van der Waals surface area contributed by atoms with Crippen LogP contribution >= 0.6 is 11.9 Å². The summed E-state index contributed by atoms with van der Waals surface area (Å²) in [7, 11) is 0. The number of rotatable bonds is 4. The van der Waals surface area contributed by atoms with E-state index < -0.39 is 0 Å². The molecule has 0 saturated heterocycles. The Bertz CT molecular complexity index is 38.8. The molecule has 0 N–H and O–H groups in total. The Kier molecular flexibility index (Phi) is 16.0. The van der Waals surface area contributed by atoms with Gasteiger partial charge < -0.3 is 2.85 Å². The van der Waals surface area contributed by atoms with Crippen molar-refractivity contribution in [3.63, 3.8) is 0 Å². The zero-order valence-corrected chi connectivity index (χ0v) is 7.49. The Morgan fingerprint density at radius 1 is 1.50 bits per heavy atom. The van der Waals surface area contributed by atoms with Gasteiger partial charge in [0, 0.05) is 0 Å². The van der Waals surface area contributed by atoms with Crippen LogP contribution in [0, 0.1) is 0 Å². The van der Waals surface area contributed by atoms with E-state index in [1.165, 1.54) is 12.8 Å². The quantitative estimate of drug-likeness (QED) is 0.439. The van der Waals surface area contributed by atoms with E-state index in [4.69, 9.17) is 11.9 Å². The predicted octanol–water partition coefficient (Wildman–Crippen LogP) is 2.19. The Morgan fingerprint density at radius 2 is 2.12 bits per heavy atom. The van der Waals surface area contributed by atoms with E-state index in [9.17, 15) is 0 Å². The molecule has 3 heteroatoms. The second-order valence-corrected chi connectivity index (χ2v) is 1.74. The maximum atomic E-state index is 4.94. The van der Waals surface area contributed by atoms with Gasteiger partial charge in [0.05, 0.1) is 18.5 Å². The molecule has 0 radical (unpaired) electrons. The summed E-state index contributed by atoms with van der Waals surface area (Å²) >= 11 is 4.94. The number of halogens is 1. The van der Waals surface area contributed by atoms with Gasteiger partial charge in [0.1, 0.15) is 0 Å². The summed E-state index contributed by atoms with van der Waals surface area (Å²) in [6.07, 6.45) is 3.52. The summed E-state index contributed by atoms with van der Waals surface area (Å²) in [4.78, 5) is 0. The molecule has 0 aromatic rings. The van der Waals surface area contributed by atoms with Crippen molar-refractivity contribution < 1.29 is 7.14 Å². The van der Waals surface area contributed by atoms with E-state index in [1.807, 2.05) is 0 Å². The molecule has 0 atom stereocenters. The van der Waals surface area contributed by atoms with Crippen molar-refractivity contribution in [2.75, 3.05) is 6.61 Å². The first-order valence-electron chi connectivity index (χ1n) is 2.65. The number of unbranched alkanes of at least 4 members (excludes halogenated alkanes) is 2. The van der Waals surface area contributed by atoms with Crippen LogP contribution < -0.4 is 0 Å². The summed E-state index contributed by atoms with van der Waals surface area (Å²) in [6.45, 7) is 2.84. The fourth-order valence-electron chi connectivity index (χ4n) is 0.407. The second-order valence-electron chi connectivity index (χ2n) is 1.52. The van der Waals surface area contributed by atoms with Crippen LogP contribution in [0.5, 0.6) is 0 Å². The largest absolute Gasteiger partial charge is 2.00 e. The van der Waals surface area contributed by atoms with Gasteiger partial charge in [-0.15, -0.1) is 0 Å². The van der Waals surface area contributed by atoms with Crippen LogP contribution in [0.4, 0.5) is 0 Å². The van der Waals surface area contributed by atoms with Crippen LogP contribution in [-0.4, -0.2) is 29.7 Å². The summed E-state index contributed by atoms with van der Waals surface area (Å²) in [5.41, 5.74) is 0. The smallest absolute Gasteiger partial charge is 1.00 e. The van der Waals surface area contributed by atoms with Crippen LogP contribution in [0.3, 0.4) is 0 Å². The van der Waals surface area contributed by atoms with Gasteiger partial charge in [0.15, 0.2) is 0 Å². The van der Waals surface area contributed by atoms with Gasteiger partial charge in [-0.05, 0) is 6.42 Å². The zero-order chi connectivity index (χ0) is 5.54. The summed E-state index contributed by atoms with van der Waals surface area (Å²) in [5.74, 6) is 0. The molecule has 0 heterocycles. The van der Waals surface area contributed by atoms with Crippen molar-refractivity contribution >= 4 is 34.9 Å². The monoisotopic (exact) mass is 148 g/mol. The third-order valence-corrected chi connectivity index (χ3v) is 0.979. The van der Waals surface area contributed by atoms with Crippen LogP contribution in [-0.2, 0) is 4.29 Å². The van der Waals surface area contributed by atoms with E-state index in [0.29, 0.717) is 6.61 Å². The van der Waals surface area contributed by atoms with Crippen molar-refractivity contribution in [3.05, 3.63) is 0 Å². The first kappa shape index (κ1) is 11.8. The van der Waals surface area contributed by atoms with Crippen LogP contribution in [0.15, 0.2) is 0 Å². The Hall–Kier alpha value is 1.02. The zero-order valence-electron chi connectivity index (χ0n) is 7.32. The third-order valence-electron chi connectivity index (χ3n) is 0.825. The average molecular weight is 149 g/mol. The van der Waals surface area contributed by atoms with E-state index in [1.54, 1.807) is 0 Å². The van der Waals surface area contributed by atoms with Crippen molar-refractivity contribution in [2.24, 2.45) is 0 Å². The van der Waals surface area contributed by atoms with E-state index in [-0.39, 0.29) is 25.9 Å². The molecule has 0 aromatic carbocycles. The number of hydrogen-bond donors (Lipinski definition) is 0. The molecular weight excluding hydrogens is 136 g/mol. The molecule has 1 nitrogen and oxygen atoms in total. The summed E-state index contributed by atoms with van der Waals surface area (Å²) in [5, 5.41) is 0. The first-order chi connectivity index (χ1) is 3.41. The second kappa shape index (κ2) is 10.9. The molecule has 0 saturated carbocycles. The SMILES string of the molecule is CCCCCOCl.[H-].[H-].[Mg+2]. The maximum Gasteiger partial charge on any atom is 2.00 e. The van der Waals surface area contributed by atoms with Crippen molar-refractivity contribution in [1.82, 2.24) is 0 Å². The Balaban J connectivity index is -0.0000000600. The normalized spacial score (nSPS) is 8.25. The van der Waals surface area contributed by atoms with Crippen LogP contribution in [0.2, 0.25) is 0 Å². The average Bonchev–Trinajstić information content (AvgIpc) is 1.69. The van der Waals surface area contributed by atoms with Gasteiger partial charge >= 0.3 is 23.1 Å². The first-order valence-corrected chi connectivity index (χ1v) is 2.96. The third kappa shape index (κ3) is 10.1. The van der Waals surface area contributed by atoms with Crippen molar-refractivity contribution in [2.45, 2.75) is 26.2 Å². The molecule has 0 bridgehead atoms. The van der Waals surface area contributed by atoms with Crippen LogP contribution in [0.1, 0.15) is 29.0 Å². The minimum Gasteiger partial charge on any atom is -1.00 e. The van der Waals surface area contributed by atoms with E-state index >= 15 is 0 Å². The fraction of sp³-hybridized carbons (Fsp3) is 1.00. The Labute approximate surface area is 75.0 Å². The topological polar surface area (TPSA) is 9.23 Å². The van der Waals surface area contributed by atoms with Gasteiger partial charge in [-0.25, -0.2) is 0 Å². The van der Waals surface area contributed by atoms with Crippen LogP contribution in [0.25, 0.3) is 0 Å². The molecule has 0 rings (SSSR count). The maximum absolute atomic E-state index is 4.94. The standard InChI is InChI=1S/C5H11ClO.Mg.2H/c1-2-3-4-5-7-6;;;/h2-5H2,1H3;;;/q;+2;2*-1. The molecule has 0 unspecified atom stereocenters. The van der Waals surface area contributed by atoms with Gasteiger partial charge in [0.25, 0.3) is 0 Å². The van der Waals surface area contributed by atoms with Gasteiger partial charge in [-0.3, -0.25) is 4.29 Å².